The Labute approximate surface area is 126 Å². The van der Waals surface area contributed by atoms with E-state index in [4.69, 9.17) is 0 Å². The van der Waals surface area contributed by atoms with E-state index in [-0.39, 0.29) is 11.7 Å². The van der Waals surface area contributed by atoms with E-state index in [1.54, 1.807) is 23.1 Å². The molecule has 2 aromatic rings. The lowest BCUT2D eigenvalue weighted by Crippen LogP contribution is -2.31. The maximum Gasteiger partial charge on any atom is 0.258 e. The Hall–Kier alpha value is -1.68. The van der Waals surface area contributed by atoms with Gasteiger partial charge in [0.2, 0.25) is 0 Å². The quantitative estimate of drug-likeness (QED) is 0.804. The van der Waals surface area contributed by atoms with Crippen molar-refractivity contribution in [3.63, 3.8) is 0 Å². The predicted molar refractivity (Wildman–Crippen MR) is 82.6 cm³/mol. The molecule has 104 valence electrons. The number of carbonyl (C=O) groups excluding carboxylic acids is 1. The van der Waals surface area contributed by atoms with Crippen molar-refractivity contribution in [2.75, 3.05) is 11.4 Å². The molecule has 0 aliphatic rings. The van der Waals surface area contributed by atoms with Crippen LogP contribution in [-0.2, 0) is 0 Å². The van der Waals surface area contributed by atoms with Crippen molar-refractivity contribution in [1.82, 2.24) is 0 Å². The van der Waals surface area contributed by atoms with Gasteiger partial charge in [0, 0.05) is 22.3 Å². The van der Waals surface area contributed by atoms with Gasteiger partial charge in [-0.2, -0.15) is 0 Å². The van der Waals surface area contributed by atoms with Crippen LogP contribution >= 0.6 is 15.9 Å². The molecule has 0 saturated heterocycles. The molecule has 0 aliphatic heterocycles. The topological polar surface area (TPSA) is 20.3 Å². The van der Waals surface area contributed by atoms with Crippen molar-refractivity contribution in [2.45, 2.75) is 13.8 Å². The van der Waals surface area contributed by atoms with Gasteiger partial charge in [0.15, 0.2) is 0 Å². The van der Waals surface area contributed by atoms with E-state index < -0.39 is 0 Å². The standard InChI is InChI=1S/C16H15BrFNO/c1-3-19(14-6-4-5-13(18)10-14)16(20)15-9-12(17)8-7-11(15)2/h4-10H,3H2,1-2H3. The highest BCUT2D eigenvalue weighted by atomic mass is 79.9. The van der Waals surface area contributed by atoms with Gasteiger partial charge in [-0.25, -0.2) is 4.39 Å². The Morgan fingerprint density at radius 2 is 2.00 bits per heavy atom. The largest absolute Gasteiger partial charge is 0.309 e. The number of rotatable bonds is 3. The number of hydrogen-bond donors (Lipinski definition) is 0. The minimum absolute atomic E-state index is 0.128. The van der Waals surface area contributed by atoms with Crippen LogP contribution in [0.25, 0.3) is 0 Å². The van der Waals surface area contributed by atoms with Crippen molar-refractivity contribution in [3.8, 4) is 0 Å². The van der Waals surface area contributed by atoms with Crippen molar-refractivity contribution in [2.24, 2.45) is 0 Å². The molecule has 0 fully saturated rings. The molecule has 0 saturated carbocycles. The van der Waals surface area contributed by atoms with Crippen molar-refractivity contribution < 1.29 is 9.18 Å². The maximum atomic E-state index is 13.3. The molecule has 2 rings (SSSR count). The molecule has 2 nitrogen and oxygen atoms in total. The summed E-state index contributed by atoms with van der Waals surface area (Å²) in [5, 5.41) is 0. The molecule has 1 amide bonds. The first-order chi connectivity index (χ1) is 9.52. The first-order valence-corrected chi connectivity index (χ1v) is 7.16. The number of aryl methyl sites for hydroxylation is 1. The van der Waals surface area contributed by atoms with Crippen molar-refractivity contribution >= 4 is 27.5 Å². The molecule has 4 heteroatoms. The number of anilines is 1. The molecule has 0 aromatic heterocycles. The second-order valence-electron chi connectivity index (χ2n) is 4.49. The van der Waals surface area contributed by atoms with E-state index in [0.29, 0.717) is 17.8 Å². The fourth-order valence-corrected chi connectivity index (χ4v) is 2.42. The van der Waals surface area contributed by atoms with Gasteiger partial charge in [-0.3, -0.25) is 4.79 Å². The third-order valence-corrected chi connectivity index (χ3v) is 3.60. The number of hydrogen-bond acceptors (Lipinski definition) is 1. The molecular weight excluding hydrogens is 321 g/mol. The Morgan fingerprint density at radius 3 is 2.65 bits per heavy atom. The van der Waals surface area contributed by atoms with Crippen molar-refractivity contribution in [3.05, 3.63) is 63.9 Å². The van der Waals surface area contributed by atoms with Crippen LogP contribution in [0.3, 0.4) is 0 Å². The zero-order chi connectivity index (χ0) is 14.7. The molecular formula is C16H15BrFNO. The SMILES string of the molecule is CCN(C(=O)c1cc(Br)ccc1C)c1cccc(F)c1. The summed E-state index contributed by atoms with van der Waals surface area (Å²) in [6.45, 7) is 4.24. The minimum Gasteiger partial charge on any atom is -0.309 e. The summed E-state index contributed by atoms with van der Waals surface area (Å²) >= 11 is 3.37. The van der Waals surface area contributed by atoms with Crippen LogP contribution in [-0.4, -0.2) is 12.5 Å². The van der Waals surface area contributed by atoms with Gasteiger partial charge in [-0.1, -0.05) is 28.1 Å². The molecule has 0 unspecified atom stereocenters. The zero-order valence-corrected chi connectivity index (χ0v) is 12.9. The number of halogens is 2. The smallest absolute Gasteiger partial charge is 0.258 e. The van der Waals surface area contributed by atoms with Gasteiger partial charge in [-0.15, -0.1) is 0 Å². The van der Waals surface area contributed by atoms with Gasteiger partial charge >= 0.3 is 0 Å². The Bertz CT molecular complexity index is 642. The molecule has 0 radical (unpaired) electrons. The lowest BCUT2D eigenvalue weighted by molar-refractivity contribution is 0.0987. The molecule has 0 N–H and O–H groups in total. The van der Waals surface area contributed by atoms with Crippen LogP contribution in [0.4, 0.5) is 10.1 Å². The highest BCUT2D eigenvalue weighted by Crippen LogP contribution is 2.22. The van der Waals surface area contributed by atoms with Gasteiger partial charge in [0.25, 0.3) is 5.91 Å². The number of amides is 1. The third-order valence-electron chi connectivity index (χ3n) is 3.11. The molecule has 0 bridgehead atoms. The van der Waals surface area contributed by atoms with Crippen LogP contribution in [0.15, 0.2) is 46.9 Å². The molecule has 0 heterocycles. The molecule has 0 spiro atoms. The summed E-state index contributed by atoms with van der Waals surface area (Å²) in [4.78, 5) is 14.2. The van der Waals surface area contributed by atoms with Crippen LogP contribution < -0.4 is 4.90 Å². The number of benzene rings is 2. The first kappa shape index (κ1) is 14.7. The number of carbonyl (C=O) groups is 1. The van der Waals surface area contributed by atoms with Crippen LogP contribution in [0.2, 0.25) is 0 Å². The Morgan fingerprint density at radius 1 is 1.25 bits per heavy atom. The summed E-state index contributed by atoms with van der Waals surface area (Å²) in [6.07, 6.45) is 0. The van der Waals surface area contributed by atoms with Crippen LogP contribution in [0.1, 0.15) is 22.8 Å². The average Bonchev–Trinajstić information content (AvgIpc) is 2.42. The zero-order valence-electron chi connectivity index (χ0n) is 11.4. The number of nitrogens with zero attached hydrogens (tertiary/aromatic N) is 1. The lowest BCUT2D eigenvalue weighted by atomic mass is 10.1. The van der Waals surface area contributed by atoms with E-state index in [1.807, 2.05) is 26.0 Å². The second kappa shape index (κ2) is 6.18. The maximum absolute atomic E-state index is 13.3. The summed E-state index contributed by atoms with van der Waals surface area (Å²) in [6, 6.07) is 11.6. The van der Waals surface area contributed by atoms with E-state index in [9.17, 15) is 9.18 Å². The second-order valence-corrected chi connectivity index (χ2v) is 5.40. The summed E-state index contributed by atoms with van der Waals surface area (Å²) in [5.74, 6) is -0.475. The minimum atomic E-state index is -0.347. The monoisotopic (exact) mass is 335 g/mol. The molecule has 2 aromatic carbocycles. The third kappa shape index (κ3) is 3.07. The van der Waals surface area contributed by atoms with E-state index in [2.05, 4.69) is 15.9 Å². The van der Waals surface area contributed by atoms with Gasteiger partial charge in [-0.05, 0) is 49.7 Å². The van der Waals surface area contributed by atoms with Crippen LogP contribution in [0, 0.1) is 12.7 Å². The van der Waals surface area contributed by atoms with Gasteiger partial charge in [0.05, 0.1) is 0 Å². The molecule has 0 aliphatic carbocycles. The summed E-state index contributed by atoms with van der Waals surface area (Å²) < 4.78 is 14.2. The normalized spacial score (nSPS) is 10.4. The highest BCUT2D eigenvalue weighted by Gasteiger charge is 2.18. The molecule has 20 heavy (non-hydrogen) atoms. The Balaban J connectivity index is 2.41. The average molecular weight is 336 g/mol. The van der Waals surface area contributed by atoms with Gasteiger partial charge in [0.1, 0.15) is 5.82 Å². The van der Waals surface area contributed by atoms with E-state index in [1.165, 1.54) is 12.1 Å². The Kier molecular flexibility index (Phi) is 4.55. The van der Waals surface area contributed by atoms with E-state index in [0.717, 1.165) is 10.0 Å². The van der Waals surface area contributed by atoms with Crippen LogP contribution in [0.5, 0.6) is 0 Å². The molecule has 0 atom stereocenters. The summed E-state index contributed by atoms with van der Waals surface area (Å²) in [5.41, 5.74) is 2.08. The first-order valence-electron chi connectivity index (χ1n) is 6.36. The highest BCUT2D eigenvalue weighted by molar-refractivity contribution is 9.10. The fourth-order valence-electron chi connectivity index (χ4n) is 2.06. The lowest BCUT2D eigenvalue weighted by Gasteiger charge is -2.22. The van der Waals surface area contributed by atoms with E-state index >= 15 is 0 Å². The summed E-state index contributed by atoms with van der Waals surface area (Å²) in [7, 11) is 0. The fraction of sp³-hybridized carbons (Fsp3) is 0.188. The predicted octanol–water partition coefficient (Wildman–Crippen LogP) is 4.56. The van der Waals surface area contributed by atoms with Gasteiger partial charge < -0.3 is 4.90 Å². The van der Waals surface area contributed by atoms with Crippen molar-refractivity contribution in [1.29, 1.82) is 0 Å².